The highest BCUT2D eigenvalue weighted by molar-refractivity contribution is 6.07. The first-order chi connectivity index (χ1) is 9.26. The summed E-state index contributed by atoms with van der Waals surface area (Å²) in [7, 11) is 0. The fourth-order valence-corrected chi connectivity index (χ4v) is 2.48. The summed E-state index contributed by atoms with van der Waals surface area (Å²) in [5, 5.41) is 0. The molecular formula is C17H20O3. The molecule has 0 saturated carbocycles. The maximum absolute atomic E-state index is 12.5. The number of rotatable bonds is 2. The highest BCUT2D eigenvalue weighted by Crippen LogP contribution is 2.40. The molecule has 20 heavy (non-hydrogen) atoms. The number of hydrogen-bond donors (Lipinski definition) is 0. The Hall–Kier alpha value is -1.90. The summed E-state index contributed by atoms with van der Waals surface area (Å²) in [5.41, 5.74) is -0.778. The number of esters is 1. The second kappa shape index (κ2) is 4.89. The largest absolute Gasteiger partial charge is 0.456 e. The van der Waals surface area contributed by atoms with Gasteiger partial charge in [-0.2, -0.15) is 0 Å². The van der Waals surface area contributed by atoms with Crippen molar-refractivity contribution in [3.05, 3.63) is 42.0 Å². The Morgan fingerprint density at radius 3 is 2.25 bits per heavy atom. The van der Waals surface area contributed by atoms with Crippen LogP contribution in [0.25, 0.3) is 6.08 Å². The molecule has 0 N–H and O–H groups in total. The van der Waals surface area contributed by atoms with Gasteiger partial charge in [0.05, 0.1) is 5.41 Å². The lowest BCUT2D eigenvalue weighted by Crippen LogP contribution is -2.55. The van der Waals surface area contributed by atoms with Crippen molar-refractivity contribution in [2.45, 2.75) is 33.8 Å². The molecule has 0 radical (unpaired) electrons. The van der Waals surface area contributed by atoms with Crippen molar-refractivity contribution in [2.24, 2.45) is 10.8 Å². The van der Waals surface area contributed by atoms with Gasteiger partial charge in [0.25, 0.3) is 0 Å². The van der Waals surface area contributed by atoms with Crippen LogP contribution in [0, 0.1) is 10.8 Å². The van der Waals surface area contributed by atoms with Gasteiger partial charge < -0.3 is 4.74 Å². The molecular weight excluding hydrogens is 252 g/mol. The second-order valence-electron chi connectivity index (χ2n) is 6.27. The minimum Gasteiger partial charge on any atom is -0.456 e. The number of carbonyl (C=O) groups excluding carboxylic acids is 2. The third-order valence-electron chi connectivity index (χ3n) is 3.87. The Morgan fingerprint density at radius 1 is 1.05 bits per heavy atom. The van der Waals surface area contributed by atoms with Gasteiger partial charge in [-0.15, -0.1) is 0 Å². The van der Waals surface area contributed by atoms with Crippen molar-refractivity contribution >= 4 is 17.8 Å². The highest BCUT2D eigenvalue weighted by atomic mass is 16.5. The van der Waals surface area contributed by atoms with Crippen LogP contribution in [-0.4, -0.2) is 17.9 Å². The monoisotopic (exact) mass is 272 g/mol. The zero-order valence-electron chi connectivity index (χ0n) is 12.3. The highest BCUT2D eigenvalue weighted by Gasteiger charge is 2.54. The quantitative estimate of drug-likeness (QED) is 0.613. The van der Waals surface area contributed by atoms with Gasteiger partial charge in [-0.05, 0) is 39.3 Å². The molecule has 0 aromatic heterocycles. The molecule has 1 unspecified atom stereocenters. The molecule has 3 nitrogen and oxygen atoms in total. The summed E-state index contributed by atoms with van der Waals surface area (Å²) in [4.78, 5) is 24.4. The first kappa shape index (κ1) is 14.5. The van der Waals surface area contributed by atoms with Crippen molar-refractivity contribution in [2.75, 3.05) is 0 Å². The number of ether oxygens (including phenoxy) is 1. The standard InChI is InChI=1S/C17H20O3/c1-16(2)13(11-10-12-8-6-5-7-9-12)20-15(19)17(3,4)14(16)18/h5-11,13H,1-4H3. The lowest BCUT2D eigenvalue weighted by atomic mass is 9.68. The fraction of sp³-hybridized carbons (Fsp3) is 0.412. The van der Waals surface area contributed by atoms with Gasteiger partial charge in [-0.3, -0.25) is 9.59 Å². The topological polar surface area (TPSA) is 43.4 Å². The van der Waals surface area contributed by atoms with Crippen LogP contribution in [0.2, 0.25) is 0 Å². The van der Waals surface area contributed by atoms with Crippen molar-refractivity contribution in [1.82, 2.24) is 0 Å². The van der Waals surface area contributed by atoms with E-state index >= 15 is 0 Å². The van der Waals surface area contributed by atoms with E-state index in [1.54, 1.807) is 19.9 Å². The zero-order valence-corrected chi connectivity index (χ0v) is 12.3. The Balaban J connectivity index is 2.27. The van der Waals surface area contributed by atoms with E-state index in [1.807, 2.05) is 50.3 Å². The van der Waals surface area contributed by atoms with E-state index in [1.165, 1.54) is 0 Å². The minimum absolute atomic E-state index is 0.0797. The van der Waals surface area contributed by atoms with Gasteiger partial charge in [0.15, 0.2) is 5.78 Å². The van der Waals surface area contributed by atoms with Crippen molar-refractivity contribution in [3.63, 3.8) is 0 Å². The summed E-state index contributed by atoms with van der Waals surface area (Å²) in [6.07, 6.45) is 3.14. The lowest BCUT2D eigenvalue weighted by Gasteiger charge is -2.41. The molecule has 1 saturated heterocycles. The predicted octanol–water partition coefficient (Wildman–Crippen LogP) is 3.25. The van der Waals surface area contributed by atoms with E-state index in [0.29, 0.717) is 0 Å². The molecule has 106 valence electrons. The number of hydrogen-bond acceptors (Lipinski definition) is 3. The van der Waals surface area contributed by atoms with Gasteiger partial charge >= 0.3 is 5.97 Å². The molecule has 1 atom stereocenters. The number of benzene rings is 1. The van der Waals surface area contributed by atoms with Crippen molar-refractivity contribution < 1.29 is 14.3 Å². The molecule has 0 spiro atoms. The minimum atomic E-state index is -1.07. The number of carbonyl (C=O) groups is 2. The van der Waals surface area contributed by atoms with E-state index in [9.17, 15) is 9.59 Å². The van der Waals surface area contributed by atoms with Gasteiger partial charge in [-0.25, -0.2) is 0 Å². The molecule has 3 heteroatoms. The van der Waals surface area contributed by atoms with E-state index in [-0.39, 0.29) is 5.78 Å². The molecule has 0 aliphatic carbocycles. The van der Waals surface area contributed by atoms with Crippen LogP contribution < -0.4 is 0 Å². The summed E-state index contributed by atoms with van der Waals surface area (Å²) >= 11 is 0. The Labute approximate surface area is 119 Å². The van der Waals surface area contributed by atoms with E-state index in [4.69, 9.17) is 4.74 Å². The van der Waals surface area contributed by atoms with Crippen LogP contribution in [-0.2, 0) is 14.3 Å². The number of Topliss-reactive ketones (excluding diaryl/α,β-unsaturated/α-hetero) is 1. The molecule has 1 aliphatic rings. The van der Waals surface area contributed by atoms with Gasteiger partial charge in [0.2, 0.25) is 0 Å². The molecule has 1 heterocycles. The van der Waals surface area contributed by atoms with E-state index in [2.05, 4.69) is 0 Å². The first-order valence-electron chi connectivity index (χ1n) is 6.75. The summed E-state index contributed by atoms with van der Waals surface area (Å²) < 4.78 is 5.46. The van der Waals surface area contributed by atoms with Gasteiger partial charge in [-0.1, -0.05) is 36.4 Å². The summed E-state index contributed by atoms with van der Waals surface area (Å²) in [6, 6.07) is 9.73. The molecule has 0 amide bonds. The number of ketones is 1. The van der Waals surface area contributed by atoms with E-state index in [0.717, 1.165) is 5.56 Å². The molecule has 0 bridgehead atoms. The van der Waals surface area contributed by atoms with Crippen molar-refractivity contribution in [3.8, 4) is 0 Å². The average Bonchev–Trinajstić information content (AvgIpc) is 2.41. The molecule has 1 fully saturated rings. The van der Waals surface area contributed by atoms with Gasteiger partial charge in [0, 0.05) is 0 Å². The smallest absolute Gasteiger partial charge is 0.319 e. The maximum atomic E-state index is 12.5. The lowest BCUT2D eigenvalue weighted by molar-refractivity contribution is -0.181. The summed E-state index contributed by atoms with van der Waals surface area (Å²) in [6.45, 7) is 6.89. The molecule has 1 aromatic carbocycles. The second-order valence-corrected chi connectivity index (χ2v) is 6.27. The van der Waals surface area contributed by atoms with Crippen LogP contribution in [0.3, 0.4) is 0 Å². The van der Waals surface area contributed by atoms with Gasteiger partial charge in [0.1, 0.15) is 11.5 Å². The molecule has 1 aliphatic heterocycles. The van der Waals surface area contributed by atoms with Crippen LogP contribution >= 0.6 is 0 Å². The first-order valence-corrected chi connectivity index (χ1v) is 6.75. The fourth-order valence-electron chi connectivity index (χ4n) is 2.48. The normalized spacial score (nSPS) is 24.7. The summed E-state index contributed by atoms with van der Waals surface area (Å²) in [5.74, 6) is -0.534. The number of cyclic esters (lactones) is 1. The van der Waals surface area contributed by atoms with Crippen LogP contribution in [0.4, 0.5) is 0 Å². The third kappa shape index (κ3) is 2.40. The maximum Gasteiger partial charge on any atom is 0.319 e. The van der Waals surface area contributed by atoms with Crippen LogP contribution in [0.15, 0.2) is 36.4 Å². The SMILES string of the molecule is CC1(C)C(=O)OC(C=Cc2ccccc2)C(C)(C)C1=O. The zero-order chi connectivity index (χ0) is 15.0. The Kier molecular flexibility index (Phi) is 3.55. The average molecular weight is 272 g/mol. The Bertz CT molecular complexity index is 553. The Morgan fingerprint density at radius 2 is 1.65 bits per heavy atom. The van der Waals surface area contributed by atoms with Crippen molar-refractivity contribution in [1.29, 1.82) is 0 Å². The van der Waals surface area contributed by atoms with Crippen LogP contribution in [0.5, 0.6) is 0 Å². The third-order valence-corrected chi connectivity index (χ3v) is 3.87. The molecule has 1 aromatic rings. The molecule has 2 rings (SSSR count). The van der Waals surface area contributed by atoms with Crippen LogP contribution in [0.1, 0.15) is 33.3 Å². The van der Waals surface area contributed by atoms with E-state index < -0.39 is 22.9 Å². The predicted molar refractivity (Wildman–Crippen MR) is 77.9 cm³/mol.